The number of ether oxygens (including phenoxy) is 1. The maximum atomic E-state index is 13.8. The molecule has 2 aliphatic carbocycles. The molecule has 0 radical (unpaired) electrons. The molecule has 0 saturated heterocycles. The van der Waals surface area contributed by atoms with Gasteiger partial charge >= 0.3 is 0 Å². The average Bonchev–Trinajstić information content (AvgIpc) is 3.28. The summed E-state index contributed by atoms with van der Waals surface area (Å²) in [5.74, 6) is 0.347. The van der Waals surface area contributed by atoms with Crippen molar-refractivity contribution in [2.45, 2.75) is 25.7 Å². The van der Waals surface area contributed by atoms with Crippen molar-refractivity contribution in [1.82, 2.24) is 5.32 Å². The number of rotatable bonds is 5. The van der Waals surface area contributed by atoms with E-state index in [4.69, 9.17) is 4.74 Å². The van der Waals surface area contributed by atoms with Crippen LogP contribution < -0.4 is 10.1 Å². The van der Waals surface area contributed by atoms with E-state index in [9.17, 15) is 9.18 Å². The van der Waals surface area contributed by atoms with Gasteiger partial charge in [-0.05, 0) is 49.1 Å². The molecular weight excluding hydrogens is 245 g/mol. The number of halogens is 1. The Labute approximate surface area is 112 Å². The molecule has 1 aromatic carbocycles. The predicted octanol–water partition coefficient (Wildman–Crippen LogP) is 2.75. The van der Waals surface area contributed by atoms with Crippen LogP contribution in [0.2, 0.25) is 0 Å². The molecule has 0 spiro atoms. The van der Waals surface area contributed by atoms with Crippen molar-refractivity contribution in [1.29, 1.82) is 0 Å². The summed E-state index contributed by atoms with van der Waals surface area (Å²) in [6.45, 7) is 0.683. The minimum atomic E-state index is -0.534. The third-order valence-electron chi connectivity index (χ3n) is 4.36. The molecule has 0 heterocycles. The Hall–Kier alpha value is -1.58. The molecule has 1 aromatic rings. The summed E-state index contributed by atoms with van der Waals surface area (Å²) in [6.07, 6.45) is 4.96. The van der Waals surface area contributed by atoms with Crippen molar-refractivity contribution < 1.29 is 13.9 Å². The van der Waals surface area contributed by atoms with Crippen molar-refractivity contribution in [2.75, 3.05) is 13.7 Å². The van der Waals surface area contributed by atoms with Gasteiger partial charge in [-0.1, -0.05) is 0 Å². The van der Waals surface area contributed by atoms with Crippen LogP contribution in [-0.4, -0.2) is 19.6 Å². The average molecular weight is 263 g/mol. The SMILES string of the molecule is COc1ccc(C(=O)NCC2(C3CC3)CC2)c(F)c1. The molecule has 0 bridgehead atoms. The third kappa shape index (κ3) is 2.44. The summed E-state index contributed by atoms with van der Waals surface area (Å²) >= 11 is 0. The first kappa shape index (κ1) is 12.5. The molecule has 1 N–H and O–H groups in total. The van der Waals surface area contributed by atoms with E-state index in [0.717, 1.165) is 5.92 Å². The minimum Gasteiger partial charge on any atom is -0.497 e. The summed E-state index contributed by atoms with van der Waals surface area (Å²) in [5, 5.41) is 2.88. The summed E-state index contributed by atoms with van der Waals surface area (Å²) in [4.78, 5) is 12.0. The van der Waals surface area contributed by atoms with Crippen LogP contribution in [0.1, 0.15) is 36.0 Å². The van der Waals surface area contributed by atoms with Crippen molar-refractivity contribution in [3.05, 3.63) is 29.6 Å². The highest BCUT2D eigenvalue weighted by atomic mass is 19.1. The summed E-state index contributed by atoms with van der Waals surface area (Å²) in [5.41, 5.74) is 0.422. The van der Waals surface area contributed by atoms with E-state index in [1.54, 1.807) is 6.07 Å². The molecule has 1 amide bonds. The van der Waals surface area contributed by atoms with E-state index in [-0.39, 0.29) is 11.5 Å². The van der Waals surface area contributed by atoms with E-state index < -0.39 is 5.82 Å². The van der Waals surface area contributed by atoms with Crippen molar-refractivity contribution in [3.8, 4) is 5.75 Å². The zero-order valence-electron chi connectivity index (χ0n) is 11.0. The molecule has 0 unspecified atom stereocenters. The lowest BCUT2D eigenvalue weighted by Gasteiger charge is -2.15. The molecule has 3 nitrogen and oxygen atoms in total. The van der Waals surface area contributed by atoms with Crippen LogP contribution in [0.3, 0.4) is 0 Å². The first-order chi connectivity index (χ1) is 9.14. The number of nitrogens with one attached hydrogen (secondary N) is 1. The summed E-state index contributed by atoms with van der Waals surface area (Å²) in [7, 11) is 1.47. The smallest absolute Gasteiger partial charge is 0.254 e. The molecule has 4 heteroatoms. The Bertz CT molecular complexity index is 507. The van der Waals surface area contributed by atoms with Gasteiger partial charge in [-0.15, -0.1) is 0 Å². The monoisotopic (exact) mass is 263 g/mol. The highest BCUT2D eigenvalue weighted by Crippen LogP contribution is 2.60. The minimum absolute atomic E-state index is 0.0902. The fraction of sp³-hybridized carbons (Fsp3) is 0.533. The standard InChI is InChI=1S/C15H18FNO2/c1-19-11-4-5-12(13(16)8-11)14(18)17-9-15(6-7-15)10-2-3-10/h4-5,8,10H,2-3,6-7,9H2,1H3,(H,17,18). The van der Waals surface area contributed by atoms with Crippen LogP contribution in [0.15, 0.2) is 18.2 Å². The fourth-order valence-electron chi connectivity index (χ4n) is 2.74. The number of hydrogen-bond donors (Lipinski definition) is 1. The van der Waals surface area contributed by atoms with Gasteiger partial charge in [-0.2, -0.15) is 0 Å². The Morgan fingerprint density at radius 1 is 1.47 bits per heavy atom. The van der Waals surface area contributed by atoms with Crippen molar-refractivity contribution in [2.24, 2.45) is 11.3 Å². The van der Waals surface area contributed by atoms with Gasteiger partial charge < -0.3 is 10.1 Å². The van der Waals surface area contributed by atoms with Crippen LogP contribution >= 0.6 is 0 Å². The lowest BCUT2D eigenvalue weighted by molar-refractivity contribution is 0.0938. The second-order valence-corrected chi connectivity index (χ2v) is 5.67. The predicted molar refractivity (Wildman–Crippen MR) is 69.7 cm³/mol. The Morgan fingerprint density at radius 2 is 2.21 bits per heavy atom. The van der Waals surface area contributed by atoms with Gasteiger partial charge in [0.1, 0.15) is 11.6 Å². The number of carbonyl (C=O) groups excluding carboxylic acids is 1. The van der Waals surface area contributed by atoms with Crippen molar-refractivity contribution in [3.63, 3.8) is 0 Å². The molecule has 3 rings (SSSR count). The highest BCUT2D eigenvalue weighted by molar-refractivity contribution is 5.94. The molecule has 0 aromatic heterocycles. The number of benzene rings is 1. The van der Waals surface area contributed by atoms with E-state index >= 15 is 0 Å². The van der Waals surface area contributed by atoms with Crippen LogP contribution in [0, 0.1) is 17.2 Å². The normalized spacial score (nSPS) is 19.9. The molecule has 19 heavy (non-hydrogen) atoms. The van der Waals surface area contributed by atoms with Crippen LogP contribution in [0.25, 0.3) is 0 Å². The maximum Gasteiger partial charge on any atom is 0.254 e. The van der Waals surface area contributed by atoms with Gasteiger partial charge in [0.15, 0.2) is 0 Å². The van der Waals surface area contributed by atoms with Crippen LogP contribution in [0.4, 0.5) is 4.39 Å². The summed E-state index contributed by atoms with van der Waals surface area (Å²) < 4.78 is 18.7. The molecule has 0 atom stereocenters. The zero-order chi connectivity index (χ0) is 13.5. The second-order valence-electron chi connectivity index (χ2n) is 5.67. The third-order valence-corrected chi connectivity index (χ3v) is 4.36. The van der Waals surface area contributed by atoms with Gasteiger partial charge in [0.2, 0.25) is 0 Å². The fourth-order valence-corrected chi connectivity index (χ4v) is 2.74. The Kier molecular flexibility index (Phi) is 2.96. The van der Waals surface area contributed by atoms with E-state index in [0.29, 0.717) is 17.7 Å². The quantitative estimate of drug-likeness (QED) is 0.887. The second kappa shape index (κ2) is 4.51. The molecule has 0 aliphatic heterocycles. The van der Waals surface area contributed by atoms with Crippen molar-refractivity contribution >= 4 is 5.91 Å². The number of amides is 1. The maximum absolute atomic E-state index is 13.8. The first-order valence-corrected chi connectivity index (χ1v) is 6.76. The molecular formula is C15H18FNO2. The van der Waals surface area contributed by atoms with E-state index in [2.05, 4.69) is 5.32 Å². The van der Waals surface area contributed by atoms with Gasteiger partial charge in [0.05, 0.1) is 12.7 Å². The Balaban J connectivity index is 1.63. The van der Waals surface area contributed by atoms with Gasteiger partial charge in [-0.3, -0.25) is 4.79 Å². The van der Waals surface area contributed by atoms with Gasteiger partial charge in [-0.25, -0.2) is 4.39 Å². The van der Waals surface area contributed by atoms with E-state index in [1.165, 1.54) is 44.9 Å². The number of methoxy groups -OCH3 is 1. The number of carbonyl (C=O) groups is 1. The number of hydrogen-bond acceptors (Lipinski definition) is 2. The first-order valence-electron chi connectivity index (χ1n) is 6.76. The molecule has 102 valence electrons. The lowest BCUT2D eigenvalue weighted by Crippen LogP contribution is -2.31. The van der Waals surface area contributed by atoms with Crippen LogP contribution in [-0.2, 0) is 0 Å². The Morgan fingerprint density at radius 3 is 2.74 bits per heavy atom. The lowest BCUT2D eigenvalue weighted by atomic mass is 10.0. The van der Waals surface area contributed by atoms with Gasteiger partial charge in [0, 0.05) is 12.6 Å². The topological polar surface area (TPSA) is 38.3 Å². The molecule has 2 saturated carbocycles. The molecule has 2 aliphatic rings. The zero-order valence-corrected chi connectivity index (χ0v) is 11.0. The molecule has 2 fully saturated rings. The highest BCUT2D eigenvalue weighted by Gasteiger charge is 2.53. The summed E-state index contributed by atoms with van der Waals surface area (Å²) in [6, 6.07) is 4.31. The van der Waals surface area contributed by atoms with E-state index in [1.807, 2.05) is 0 Å². The van der Waals surface area contributed by atoms with Gasteiger partial charge in [0.25, 0.3) is 5.91 Å². The largest absolute Gasteiger partial charge is 0.497 e. The van der Waals surface area contributed by atoms with Crippen LogP contribution in [0.5, 0.6) is 5.75 Å².